The van der Waals surface area contributed by atoms with Crippen LogP contribution >= 0.6 is 23.2 Å². The first kappa shape index (κ1) is 27.3. The van der Waals surface area contributed by atoms with Gasteiger partial charge in [-0.2, -0.15) is 5.10 Å². The minimum Gasteiger partial charge on any atom is -0.468 e. The molecule has 0 spiro atoms. The number of hydrogen-bond donors (Lipinski definition) is 1. The number of halogens is 2. The Labute approximate surface area is 238 Å². The fraction of sp³-hybridized carbons (Fsp3) is 0.185. The number of carbonyl (C=O) groups excluding carboxylic acids is 1. The van der Waals surface area contributed by atoms with E-state index in [2.05, 4.69) is 20.4 Å². The Morgan fingerprint density at radius 1 is 1.10 bits per heavy atom. The molecule has 3 heterocycles. The zero-order chi connectivity index (χ0) is 28.2. The Bertz CT molecular complexity index is 1700. The van der Waals surface area contributed by atoms with Gasteiger partial charge in [0.1, 0.15) is 6.54 Å². The number of methoxy groups -OCH3 is 1. The van der Waals surface area contributed by atoms with Gasteiger partial charge in [0, 0.05) is 28.4 Å². The van der Waals surface area contributed by atoms with Crippen LogP contribution in [0.15, 0.2) is 84.3 Å². The zero-order valence-electron chi connectivity index (χ0n) is 21.3. The number of carbonyl (C=O) groups is 1. The molecule has 0 amide bonds. The highest BCUT2D eigenvalue weighted by molar-refractivity contribution is 6.31. The lowest BCUT2D eigenvalue weighted by Gasteiger charge is -2.25. The summed E-state index contributed by atoms with van der Waals surface area (Å²) < 4.78 is 9.16. The molecule has 0 aliphatic carbocycles. The van der Waals surface area contributed by atoms with Crippen LogP contribution in [0, 0.1) is 0 Å². The predicted molar refractivity (Wildman–Crippen MR) is 149 cm³/mol. The maximum Gasteiger partial charge on any atom is 0.327 e. The molecule has 0 bridgehead atoms. The molecule has 3 aromatic heterocycles. The Hall–Kier alpha value is -4.32. The van der Waals surface area contributed by atoms with Gasteiger partial charge in [0.25, 0.3) is 5.56 Å². The van der Waals surface area contributed by atoms with E-state index in [9.17, 15) is 9.59 Å². The Balaban J connectivity index is 1.53. The van der Waals surface area contributed by atoms with Crippen molar-refractivity contribution in [2.24, 2.45) is 5.73 Å². The topological polar surface area (TPSA) is 136 Å². The van der Waals surface area contributed by atoms with E-state index < -0.39 is 18.1 Å². The van der Waals surface area contributed by atoms with Gasteiger partial charge in [0.05, 0.1) is 49.3 Å². The molecule has 0 radical (unpaired) electrons. The second kappa shape index (κ2) is 11.8. The van der Waals surface area contributed by atoms with Crippen LogP contribution < -0.4 is 11.3 Å². The van der Waals surface area contributed by atoms with Crippen LogP contribution in [0.4, 0.5) is 0 Å². The summed E-state index contributed by atoms with van der Waals surface area (Å²) in [4.78, 5) is 29.9. The normalized spacial score (nSPS) is 12.7. The van der Waals surface area contributed by atoms with Crippen LogP contribution in [-0.2, 0) is 22.5 Å². The zero-order valence-corrected chi connectivity index (χ0v) is 22.8. The number of nitrogens with two attached hydrogens (primary N) is 1. The van der Waals surface area contributed by atoms with Gasteiger partial charge in [0.15, 0.2) is 5.15 Å². The molecule has 5 rings (SSSR count). The third-order valence-corrected chi connectivity index (χ3v) is 6.81. The fourth-order valence-electron chi connectivity index (χ4n) is 4.39. The standard InChI is InChI=1S/C27H24Cl2N8O3/c1-40-26(39)15-35-13-18(12-32-35)27(30)23(9-17-5-3-2-4-6-17)36-16-31-21(11-25(36)38)20-10-19(28)7-8-22(20)37-14-24(29)33-34-37/h2-8,10-14,16,23,27H,9,15,30H2,1H3/t23-,27?/m0/s1. The summed E-state index contributed by atoms with van der Waals surface area (Å²) in [6.45, 7) is -0.0538. The van der Waals surface area contributed by atoms with Gasteiger partial charge < -0.3 is 10.5 Å². The van der Waals surface area contributed by atoms with E-state index in [1.54, 1.807) is 36.8 Å². The minimum atomic E-state index is -0.643. The Kier molecular flexibility index (Phi) is 8.06. The number of nitrogens with zero attached hydrogens (tertiary/aromatic N) is 7. The van der Waals surface area contributed by atoms with Crippen molar-refractivity contribution in [1.82, 2.24) is 34.3 Å². The smallest absolute Gasteiger partial charge is 0.327 e. The molecule has 40 heavy (non-hydrogen) atoms. The molecule has 2 aromatic carbocycles. The number of aromatic nitrogens is 7. The van der Waals surface area contributed by atoms with Crippen molar-refractivity contribution in [3.63, 3.8) is 0 Å². The van der Waals surface area contributed by atoms with Crippen molar-refractivity contribution >= 4 is 29.2 Å². The van der Waals surface area contributed by atoms with Crippen LogP contribution in [0.3, 0.4) is 0 Å². The number of rotatable bonds is 9. The third-order valence-electron chi connectivity index (χ3n) is 6.40. The molecule has 0 saturated carbocycles. The number of esters is 1. The summed E-state index contributed by atoms with van der Waals surface area (Å²) in [5.41, 5.74) is 9.63. The summed E-state index contributed by atoms with van der Waals surface area (Å²) in [7, 11) is 1.31. The van der Waals surface area contributed by atoms with Crippen LogP contribution in [0.5, 0.6) is 0 Å². The molecule has 13 heteroatoms. The second-order valence-electron chi connectivity index (χ2n) is 9.00. The van der Waals surface area contributed by atoms with Crippen molar-refractivity contribution in [2.45, 2.75) is 25.0 Å². The van der Waals surface area contributed by atoms with Gasteiger partial charge in [-0.15, -0.1) is 5.10 Å². The van der Waals surface area contributed by atoms with Crippen LogP contribution in [-0.4, -0.2) is 47.4 Å². The monoisotopic (exact) mass is 578 g/mol. The van der Waals surface area contributed by atoms with Crippen LogP contribution in [0.25, 0.3) is 16.9 Å². The van der Waals surface area contributed by atoms with E-state index in [-0.39, 0.29) is 17.3 Å². The first-order chi connectivity index (χ1) is 19.3. The van der Waals surface area contributed by atoms with Gasteiger partial charge in [-0.1, -0.05) is 58.7 Å². The first-order valence-electron chi connectivity index (χ1n) is 12.2. The van der Waals surface area contributed by atoms with Gasteiger partial charge in [-0.05, 0) is 30.2 Å². The highest BCUT2D eigenvalue weighted by Crippen LogP contribution is 2.30. The third kappa shape index (κ3) is 5.96. The van der Waals surface area contributed by atoms with Crippen LogP contribution in [0.2, 0.25) is 10.2 Å². The SMILES string of the molecule is COC(=O)Cn1cc(C(N)[C@H](Cc2ccccc2)n2cnc(-c3cc(Cl)ccc3-n3cc(Cl)nn3)cc2=O)cn1. The van der Waals surface area contributed by atoms with E-state index in [4.69, 9.17) is 33.7 Å². The van der Waals surface area contributed by atoms with E-state index >= 15 is 0 Å². The molecular formula is C27H24Cl2N8O3. The van der Waals surface area contributed by atoms with E-state index in [1.807, 2.05) is 30.3 Å². The van der Waals surface area contributed by atoms with E-state index in [0.717, 1.165) is 5.56 Å². The van der Waals surface area contributed by atoms with Crippen LogP contribution in [0.1, 0.15) is 23.2 Å². The molecule has 1 unspecified atom stereocenters. The quantitative estimate of drug-likeness (QED) is 0.262. The molecule has 204 valence electrons. The first-order valence-corrected chi connectivity index (χ1v) is 12.9. The summed E-state index contributed by atoms with van der Waals surface area (Å²) in [5.74, 6) is -0.436. The van der Waals surface area contributed by atoms with Gasteiger partial charge >= 0.3 is 5.97 Å². The van der Waals surface area contributed by atoms with Gasteiger partial charge in [-0.25, -0.2) is 9.67 Å². The van der Waals surface area contributed by atoms with Crippen molar-refractivity contribution < 1.29 is 9.53 Å². The largest absolute Gasteiger partial charge is 0.468 e. The lowest BCUT2D eigenvalue weighted by atomic mass is 9.96. The summed E-state index contributed by atoms with van der Waals surface area (Å²) >= 11 is 12.3. The van der Waals surface area contributed by atoms with Gasteiger partial charge in [0.2, 0.25) is 0 Å². The average Bonchev–Trinajstić information content (AvgIpc) is 3.61. The van der Waals surface area contributed by atoms with Crippen molar-refractivity contribution in [2.75, 3.05) is 7.11 Å². The average molecular weight is 579 g/mol. The Morgan fingerprint density at radius 2 is 1.90 bits per heavy atom. The number of ether oxygens (including phenoxy) is 1. The van der Waals surface area contributed by atoms with Crippen molar-refractivity contribution in [3.05, 3.63) is 111 Å². The molecular weight excluding hydrogens is 555 g/mol. The molecule has 0 aliphatic heterocycles. The second-order valence-corrected chi connectivity index (χ2v) is 9.82. The Morgan fingerprint density at radius 3 is 2.60 bits per heavy atom. The predicted octanol–water partition coefficient (Wildman–Crippen LogP) is 3.65. The molecule has 11 nitrogen and oxygen atoms in total. The van der Waals surface area contributed by atoms with E-state index in [1.165, 1.54) is 33.4 Å². The summed E-state index contributed by atoms with van der Waals surface area (Å²) in [6, 6.07) is 15.1. The summed E-state index contributed by atoms with van der Waals surface area (Å²) in [6.07, 6.45) is 6.73. The molecule has 0 aliphatic rings. The maximum absolute atomic E-state index is 13.6. The molecule has 5 aromatic rings. The molecule has 2 N–H and O–H groups in total. The molecule has 2 atom stereocenters. The van der Waals surface area contributed by atoms with Crippen molar-refractivity contribution in [1.29, 1.82) is 0 Å². The number of benzene rings is 2. The maximum atomic E-state index is 13.6. The van der Waals surface area contributed by atoms with E-state index in [0.29, 0.717) is 34.0 Å². The highest BCUT2D eigenvalue weighted by atomic mass is 35.5. The molecule has 0 saturated heterocycles. The highest BCUT2D eigenvalue weighted by Gasteiger charge is 2.25. The fourth-order valence-corrected chi connectivity index (χ4v) is 4.69. The minimum absolute atomic E-state index is 0.0538. The lowest BCUT2D eigenvalue weighted by molar-refractivity contribution is -0.141. The summed E-state index contributed by atoms with van der Waals surface area (Å²) in [5, 5.41) is 12.8. The van der Waals surface area contributed by atoms with Gasteiger partial charge in [-0.3, -0.25) is 18.8 Å². The number of hydrogen-bond acceptors (Lipinski definition) is 8. The lowest BCUT2D eigenvalue weighted by Crippen LogP contribution is -2.33. The van der Waals surface area contributed by atoms with Crippen molar-refractivity contribution in [3.8, 4) is 16.9 Å². The molecule has 0 fully saturated rings.